The van der Waals surface area contributed by atoms with E-state index in [2.05, 4.69) is 15.4 Å². The minimum absolute atomic E-state index is 0.233. The number of hydrogen-bond donors (Lipinski definition) is 1. The van der Waals surface area contributed by atoms with Crippen molar-refractivity contribution >= 4 is 23.2 Å². The second-order valence-corrected chi connectivity index (χ2v) is 6.38. The molecule has 0 aliphatic carbocycles. The topological polar surface area (TPSA) is 94.8 Å². The summed E-state index contributed by atoms with van der Waals surface area (Å²) < 4.78 is 12.5. The van der Waals surface area contributed by atoms with Crippen LogP contribution in [-0.2, 0) is 9.53 Å². The minimum Gasteiger partial charge on any atom is -0.455 e. The Morgan fingerprint density at radius 1 is 1.03 bits per heavy atom. The standard InChI is InChI=1S/C22H18N4O4/c1-15-20(21-23-12-7-13-26(21)25-15)22(28)29-14-19(27)24-17-10-5-6-11-18(17)30-16-8-3-2-4-9-16/h2-13H,14H2,1H3,(H,24,27). The van der Waals surface area contributed by atoms with Gasteiger partial charge in [0.15, 0.2) is 18.0 Å². The molecule has 0 saturated carbocycles. The number of fused-ring (bicyclic) bond motifs is 1. The average Bonchev–Trinajstić information content (AvgIpc) is 3.10. The lowest BCUT2D eigenvalue weighted by Crippen LogP contribution is -2.21. The number of anilines is 1. The molecule has 0 aliphatic rings. The van der Waals surface area contributed by atoms with Crippen molar-refractivity contribution in [3.63, 3.8) is 0 Å². The Hall–Kier alpha value is -4.20. The van der Waals surface area contributed by atoms with Gasteiger partial charge in [-0.1, -0.05) is 30.3 Å². The first-order valence-corrected chi connectivity index (χ1v) is 9.20. The summed E-state index contributed by atoms with van der Waals surface area (Å²) in [6, 6.07) is 17.9. The van der Waals surface area contributed by atoms with Crippen LogP contribution in [0.4, 0.5) is 5.69 Å². The van der Waals surface area contributed by atoms with E-state index in [1.54, 1.807) is 49.6 Å². The van der Waals surface area contributed by atoms with Crippen molar-refractivity contribution in [3.05, 3.63) is 84.3 Å². The van der Waals surface area contributed by atoms with Gasteiger partial charge in [-0.15, -0.1) is 0 Å². The molecular formula is C22H18N4O4. The molecule has 150 valence electrons. The second-order valence-electron chi connectivity index (χ2n) is 6.38. The molecule has 30 heavy (non-hydrogen) atoms. The molecule has 2 aromatic carbocycles. The highest BCUT2D eigenvalue weighted by Gasteiger charge is 2.20. The van der Waals surface area contributed by atoms with Crippen molar-refractivity contribution in [1.29, 1.82) is 0 Å². The lowest BCUT2D eigenvalue weighted by molar-refractivity contribution is -0.119. The molecule has 2 aromatic heterocycles. The predicted molar refractivity (Wildman–Crippen MR) is 110 cm³/mol. The summed E-state index contributed by atoms with van der Waals surface area (Å²) in [6.07, 6.45) is 3.24. The van der Waals surface area contributed by atoms with E-state index in [0.29, 0.717) is 28.5 Å². The van der Waals surface area contributed by atoms with Gasteiger partial charge in [-0.05, 0) is 37.3 Å². The van der Waals surface area contributed by atoms with Gasteiger partial charge in [-0.2, -0.15) is 5.10 Å². The molecule has 0 saturated heterocycles. The number of aromatic nitrogens is 3. The zero-order chi connectivity index (χ0) is 20.9. The van der Waals surface area contributed by atoms with E-state index in [0.717, 1.165) is 0 Å². The van der Waals surface area contributed by atoms with Crippen molar-refractivity contribution in [2.45, 2.75) is 6.92 Å². The van der Waals surface area contributed by atoms with Crippen LogP contribution in [0.3, 0.4) is 0 Å². The fourth-order valence-corrected chi connectivity index (χ4v) is 2.90. The van der Waals surface area contributed by atoms with Crippen LogP contribution in [0.2, 0.25) is 0 Å². The molecule has 0 fully saturated rings. The number of amides is 1. The molecule has 4 aromatic rings. The molecule has 0 bridgehead atoms. The van der Waals surface area contributed by atoms with Gasteiger partial charge >= 0.3 is 5.97 Å². The fraction of sp³-hybridized carbons (Fsp3) is 0.0909. The van der Waals surface area contributed by atoms with E-state index >= 15 is 0 Å². The lowest BCUT2D eigenvalue weighted by atomic mass is 10.2. The van der Waals surface area contributed by atoms with E-state index in [-0.39, 0.29) is 5.56 Å². The molecular weight excluding hydrogens is 384 g/mol. The molecule has 4 rings (SSSR count). The molecule has 0 atom stereocenters. The zero-order valence-electron chi connectivity index (χ0n) is 16.1. The first-order valence-electron chi connectivity index (χ1n) is 9.20. The maximum atomic E-state index is 12.5. The van der Waals surface area contributed by atoms with E-state index in [1.807, 2.05) is 30.3 Å². The van der Waals surface area contributed by atoms with Crippen LogP contribution >= 0.6 is 0 Å². The summed E-state index contributed by atoms with van der Waals surface area (Å²) in [6.45, 7) is 1.23. The predicted octanol–water partition coefficient (Wildman–Crippen LogP) is 3.63. The highest BCUT2D eigenvalue weighted by atomic mass is 16.5. The van der Waals surface area contributed by atoms with Crippen LogP contribution in [0.1, 0.15) is 16.1 Å². The van der Waals surface area contributed by atoms with Gasteiger partial charge < -0.3 is 14.8 Å². The second kappa shape index (κ2) is 8.44. The van der Waals surface area contributed by atoms with Gasteiger partial charge in [0.25, 0.3) is 5.91 Å². The third-order valence-electron chi connectivity index (χ3n) is 4.24. The number of para-hydroxylation sites is 3. The number of carbonyl (C=O) groups is 2. The largest absolute Gasteiger partial charge is 0.455 e. The van der Waals surface area contributed by atoms with Crippen molar-refractivity contribution in [2.75, 3.05) is 11.9 Å². The van der Waals surface area contributed by atoms with Gasteiger partial charge in [0.2, 0.25) is 0 Å². The van der Waals surface area contributed by atoms with Gasteiger partial charge in [-0.25, -0.2) is 14.3 Å². The van der Waals surface area contributed by atoms with E-state index < -0.39 is 18.5 Å². The third-order valence-corrected chi connectivity index (χ3v) is 4.24. The van der Waals surface area contributed by atoms with Gasteiger partial charge in [0.05, 0.1) is 11.4 Å². The first-order chi connectivity index (χ1) is 14.6. The molecule has 0 aliphatic heterocycles. The monoisotopic (exact) mass is 402 g/mol. The fourth-order valence-electron chi connectivity index (χ4n) is 2.90. The maximum Gasteiger partial charge on any atom is 0.344 e. The Balaban J connectivity index is 1.42. The van der Waals surface area contributed by atoms with Crippen molar-refractivity contribution in [1.82, 2.24) is 14.6 Å². The van der Waals surface area contributed by atoms with Gasteiger partial charge in [0, 0.05) is 12.4 Å². The van der Waals surface area contributed by atoms with Crippen molar-refractivity contribution in [3.8, 4) is 11.5 Å². The number of benzene rings is 2. The van der Waals surface area contributed by atoms with Crippen LogP contribution in [0.5, 0.6) is 11.5 Å². The molecule has 0 spiro atoms. The number of esters is 1. The summed E-state index contributed by atoms with van der Waals surface area (Å²) in [7, 11) is 0. The molecule has 0 radical (unpaired) electrons. The Morgan fingerprint density at radius 3 is 2.63 bits per heavy atom. The van der Waals surface area contributed by atoms with Crippen LogP contribution in [-0.4, -0.2) is 33.1 Å². The number of nitrogens with one attached hydrogen (secondary N) is 1. The highest BCUT2D eigenvalue weighted by molar-refractivity contribution is 5.99. The Labute approximate surface area is 172 Å². The van der Waals surface area contributed by atoms with Gasteiger partial charge in [0.1, 0.15) is 11.3 Å². The number of aryl methyl sites for hydroxylation is 1. The van der Waals surface area contributed by atoms with Crippen LogP contribution in [0.25, 0.3) is 5.65 Å². The summed E-state index contributed by atoms with van der Waals surface area (Å²) in [5.41, 5.74) is 1.55. The van der Waals surface area contributed by atoms with E-state index in [4.69, 9.17) is 9.47 Å². The normalized spacial score (nSPS) is 10.6. The van der Waals surface area contributed by atoms with Crippen LogP contribution in [0.15, 0.2) is 73.1 Å². The molecule has 2 heterocycles. The molecule has 8 heteroatoms. The van der Waals surface area contributed by atoms with Crippen molar-refractivity contribution in [2.24, 2.45) is 0 Å². The van der Waals surface area contributed by atoms with Crippen LogP contribution < -0.4 is 10.1 Å². The molecule has 8 nitrogen and oxygen atoms in total. The summed E-state index contributed by atoms with van der Waals surface area (Å²) in [5, 5.41) is 6.92. The maximum absolute atomic E-state index is 12.5. The summed E-state index contributed by atoms with van der Waals surface area (Å²) in [5.74, 6) is -0.0348. The zero-order valence-corrected chi connectivity index (χ0v) is 16.1. The smallest absolute Gasteiger partial charge is 0.344 e. The first kappa shape index (κ1) is 19.1. The quantitative estimate of drug-likeness (QED) is 0.495. The SMILES string of the molecule is Cc1nn2cccnc2c1C(=O)OCC(=O)Nc1ccccc1Oc1ccccc1. The number of carbonyl (C=O) groups excluding carboxylic acids is 2. The van der Waals surface area contributed by atoms with E-state index in [1.165, 1.54) is 4.52 Å². The Bertz CT molecular complexity index is 1200. The molecule has 0 unspecified atom stereocenters. The summed E-state index contributed by atoms with van der Waals surface area (Å²) in [4.78, 5) is 29.0. The molecule has 1 amide bonds. The molecule has 1 N–H and O–H groups in total. The number of nitrogens with zero attached hydrogens (tertiary/aromatic N) is 3. The average molecular weight is 402 g/mol. The minimum atomic E-state index is -0.662. The Kier molecular flexibility index (Phi) is 5.38. The number of ether oxygens (including phenoxy) is 2. The number of rotatable bonds is 6. The number of hydrogen-bond acceptors (Lipinski definition) is 6. The summed E-state index contributed by atoms with van der Waals surface area (Å²) >= 11 is 0. The Morgan fingerprint density at radius 2 is 1.80 bits per heavy atom. The van der Waals surface area contributed by atoms with Crippen LogP contribution in [0, 0.1) is 6.92 Å². The van der Waals surface area contributed by atoms with Gasteiger partial charge in [-0.3, -0.25) is 4.79 Å². The van der Waals surface area contributed by atoms with Crippen molar-refractivity contribution < 1.29 is 19.1 Å². The highest BCUT2D eigenvalue weighted by Crippen LogP contribution is 2.29. The van der Waals surface area contributed by atoms with E-state index in [9.17, 15) is 9.59 Å². The third kappa shape index (κ3) is 4.12. The lowest BCUT2D eigenvalue weighted by Gasteiger charge is -2.12.